The molecule has 9 nitrogen and oxygen atoms in total. The molecule has 3 amide bonds. The van der Waals surface area contributed by atoms with Gasteiger partial charge in [-0.15, -0.1) is 0 Å². The average Bonchev–Trinajstić information content (AvgIpc) is 3.40. The van der Waals surface area contributed by atoms with Crippen molar-refractivity contribution in [2.24, 2.45) is 11.8 Å². The maximum atomic E-state index is 13.8. The van der Waals surface area contributed by atoms with E-state index in [0.29, 0.717) is 30.0 Å². The Labute approximate surface area is 262 Å². The molecule has 0 spiro atoms. The number of hydrogen-bond acceptors (Lipinski definition) is 5. The zero-order valence-electron chi connectivity index (χ0n) is 25.1. The van der Waals surface area contributed by atoms with Crippen molar-refractivity contribution in [1.82, 2.24) is 16.0 Å². The van der Waals surface area contributed by atoms with Gasteiger partial charge in [0.25, 0.3) is 0 Å². The smallest absolute Gasteiger partial charge is 0.408 e. The number of halogens is 2. The Morgan fingerprint density at radius 3 is 2.34 bits per heavy atom. The quantitative estimate of drug-likeness (QED) is 0.239. The lowest BCUT2D eigenvalue weighted by molar-refractivity contribution is -0.143. The van der Waals surface area contributed by atoms with E-state index in [1.165, 1.54) is 12.1 Å². The second kappa shape index (κ2) is 14.9. The van der Waals surface area contributed by atoms with Gasteiger partial charge in [0.1, 0.15) is 24.0 Å². The number of ether oxygens (including phenoxy) is 1. The molecule has 1 unspecified atom stereocenters. The molecule has 2 aromatic carbocycles. The largest absolute Gasteiger partial charge is 0.480 e. The number of carboxylic acids is 1. The van der Waals surface area contributed by atoms with Crippen molar-refractivity contribution in [3.63, 3.8) is 0 Å². The first-order valence-electron chi connectivity index (χ1n) is 15.2. The van der Waals surface area contributed by atoms with Crippen LogP contribution >= 0.6 is 11.6 Å². The van der Waals surface area contributed by atoms with Gasteiger partial charge in [0.2, 0.25) is 11.8 Å². The number of aliphatic carboxylic acids is 1. The van der Waals surface area contributed by atoms with Gasteiger partial charge >= 0.3 is 12.1 Å². The van der Waals surface area contributed by atoms with Crippen LogP contribution in [-0.4, -0.2) is 47.6 Å². The summed E-state index contributed by atoms with van der Waals surface area (Å²) in [6, 6.07) is 10.5. The Kier molecular flexibility index (Phi) is 11.2. The van der Waals surface area contributed by atoms with E-state index in [2.05, 4.69) is 16.0 Å². The summed E-state index contributed by atoms with van der Waals surface area (Å²) in [5, 5.41) is 18.3. The van der Waals surface area contributed by atoms with Crippen molar-refractivity contribution in [2.45, 2.75) is 88.8 Å². The topological polar surface area (TPSA) is 134 Å². The summed E-state index contributed by atoms with van der Waals surface area (Å²) in [5.74, 6) is -2.93. The monoisotopic (exact) mass is 629 g/mol. The highest BCUT2D eigenvalue weighted by Gasteiger charge is 2.38. The highest BCUT2D eigenvalue weighted by molar-refractivity contribution is 6.30. The number of carboxylic acid groups (broad SMARTS) is 1. The molecule has 4 atom stereocenters. The number of benzene rings is 2. The fourth-order valence-electron chi connectivity index (χ4n) is 6.23. The zero-order valence-corrected chi connectivity index (χ0v) is 25.9. The van der Waals surface area contributed by atoms with E-state index < -0.39 is 53.3 Å². The predicted octanol–water partition coefficient (Wildman–Crippen LogP) is 5.66. The summed E-state index contributed by atoms with van der Waals surface area (Å²) in [6.45, 7) is 4.22. The van der Waals surface area contributed by atoms with Gasteiger partial charge in [-0.2, -0.15) is 0 Å². The molecule has 11 heteroatoms. The van der Waals surface area contributed by atoms with E-state index >= 15 is 0 Å². The molecule has 1 heterocycles. The lowest BCUT2D eigenvalue weighted by Gasteiger charge is -2.35. The van der Waals surface area contributed by atoms with Crippen LogP contribution in [0.3, 0.4) is 0 Å². The highest BCUT2D eigenvalue weighted by Crippen LogP contribution is 2.40. The van der Waals surface area contributed by atoms with E-state index in [1.807, 2.05) is 19.9 Å². The molecular weight excluding hydrogens is 589 g/mol. The van der Waals surface area contributed by atoms with Crippen LogP contribution in [0.4, 0.5) is 9.18 Å². The number of hydrogen-bond donors (Lipinski definition) is 4. The Morgan fingerprint density at radius 2 is 1.73 bits per heavy atom. The van der Waals surface area contributed by atoms with E-state index in [9.17, 15) is 28.7 Å². The molecule has 44 heavy (non-hydrogen) atoms. The van der Waals surface area contributed by atoms with Crippen molar-refractivity contribution in [1.29, 1.82) is 0 Å². The molecular formula is C33H41ClFN3O6. The van der Waals surface area contributed by atoms with Gasteiger partial charge in [-0.25, -0.2) is 14.0 Å². The normalized spacial score (nSPS) is 19.4. The number of amides is 3. The number of nitrogens with one attached hydrogen (secondary N) is 3. The molecule has 4 N–H and O–H groups in total. The van der Waals surface area contributed by atoms with Gasteiger partial charge in [0.05, 0.1) is 0 Å². The van der Waals surface area contributed by atoms with Gasteiger partial charge in [0, 0.05) is 22.9 Å². The van der Waals surface area contributed by atoms with Crippen LogP contribution < -0.4 is 16.0 Å². The fourth-order valence-corrected chi connectivity index (χ4v) is 6.42. The van der Waals surface area contributed by atoms with Crippen LogP contribution in [0.1, 0.15) is 82.4 Å². The number of carbonyl (C=O) groups is 4. The summed E-state index contributed by atoms with van der Waals surface area (Å²) in [7, 11) is 0. The van der Waals surface area contributed by atoms with Crippen LogP contribution in [0.25, 0.3) is 0 Å². The molecule has 0 aromatic heterocycles. The molecule has 4 rings (SSSR count). The van der Waals surface area contributed by atoms with E-state index in [4.69, 9.17) is 16.3 Å². The summed E-state index contributed by atoms with van der Waals surface area (Å²) in [4.78, 5) is 51.3. The summed E-state index contributed by atoms with van der Waals surface area (Å²) < 4.78 is 19.8. The third-order valence-electron chi connectivity index (χ3n) is 8.82. The minimum atomic E-state index is -1.29. The number of carbonyl (C=O) groups excluding carboxylic acids is 3. The first kappa shape index (κ1) is 33.2. The van der Waals surface area contributed by atoms with Crippen LogP contribution in [0, 0.1) is 17.7 Å². The molecule has 1 aliphatic heterocycles. The zero-order chi connectivity index (χ0) is 31.9. The second-order valence-corrected chi connectivity index (χ2v) is 12.9. The molecule has 1 saturated heterocycles. The molecule has 0 bridgehead atoms. The maximum absolute atomic E-state index is 13.8. The Balaban J connectivity index is 1.55. The summed E-state index contributed by atoms with van der Waals surface area (Å²) in [6.07, 6.45) is 3.91. The molecule has 238 valence electrons. The Bertz CT molecular complexity index is 1330. The molecule has 1 aliphatic carbocycles. The van der Waals surface area contributed by atoms with Gasteiger partial charge in [-0.05, 0) is 60.6 Å². The molecule has 2 aliphatic rings. The van der Waals surface area contributed by atoms with Crippen LogP contribution in [0.2, 0.25) is 5.02 Å². The van der Waals surface area contributed by atoms with Crippen LogP contribution in [0.15, 0.2) is 48.5 Å². The number of alkyl carbamates (subject to hydrolysis) is 1. The van der Waals surface area contributed by atoms with Crippen molar-refractivity contribution < 1.29 is 33.4 Å². The van der Waals surface area contributed by atoms with E-state index in [1.54, 1.807) is 30.3 Å². The standard InChI is InChI=1S/C33H41ClFN3O6/c1-33(2,23-9-6-10-24(34)19-23)28(21-11-13-25(35)14-12-21)44-32(43)38-26(17-20-7-4-3-5-8-20)30(40)37-27(31(41)42)18-22-15-16-36-29(22)39/h6,9-14,19-20,22,26-28H,3-5,7-8,15-18H2,1-2H3,(H,36,39)(H,37,40)(H,38,43)(H,41,42)/t22-,26-,27-,28?/m0/s1. The Morgan fingerprint density at radius 1 is 1.02 bits per heavy atom. The molecule has 2 fully saturated rings. The van der Waals surface area contributed by atoms with Crippen LogP contribution in [-0.2, 0) is 24.5 Å². The summed E-state index contributed by atoms with van der Waals surface area (Å²) in [5.41, 5.74) is 0.502. The number of rotatable bonds is 12. The van der Waals surface area contributed by atoms with Gasteiger partial charge in [-0.3, -0.25) is 9.59 Å². The van der Waals surface area contributed by atoms with Gasteiger partial charge in [0.15, 0.2) is 0 Å². The lowest BCUT2D eigenvalue weighted by Crippen LogP contribution is -2.53. The van der Waals surface area contributed by atoms with Gasteiger partial charge < -0.3 is 25.8 Å². The first-order chi connectivity index (χ1) is 20.9. The lowest BCUT2D eigenvalue weighted by atomic mass is 9.76. The third-order valence-corrected chi connectivity index (χ3v) is 9.06. The fraction of sp³-hybridized carbons (Fsp3) is 0.515. The van der Waals surface area contributed by atoms with Crippen molar-refractivity contribution in [2.75, 3.05) is 6.54 Å². The average molecular weight is 630 g/mol. The SMILES string of the molecule is CC(C)(c1cccc(Cl)c1)C(OC(=O)N[C@@H](CC1CCCCC1)C(=O)N[C@@H](C[C@@H]1CCNC1=O)C(=O)O)c1ccc(F)cc1. The van der Waals surface area contributed by atoms with E-state index in [-0.39, 0.29) is 18.2 Å². The third kappa shape index (κ3) is 8.71. The minimum Gasteiger partial charge on any atom is -0.480 e. The predicted molar refractivity (Wildman–Crippen MR) is 164 cm³/mol. The Hall–Kier alpha value is -3.66. The van der Waals surface area contributed by atoms with Gasteiger partial charge in [-0.1, -0.05) is 81.8 Å². The van der Waals surface area contributed by atoms with E-state index in [0.717, 1.165) is 37.7 Å². The summed E-state index contributed by atoms with van der Waals surface area (Å²) >= 11 is 6.27. The molecule has 1 saturated carbocycles. The van der Waals surface area contributed by atoms with Crippen molar-refractivity contribution in [3.8, 4) is 0 Å². The second-order valence-electron chi connectivity index (χ2n) is 12.4. The molecule has 2 aromatic rings. The maximum Gasteiger partial charge on any atom is 0.408 e. The first-order valence-corrected chi connectivity index (χ1v) is 15.6. The van der Waals surface area contributed by atoms with Crippen molar-refractivity contribution in [3.05, 3.63) is 70.5 Å². The highest BCUT2D eigenvalue weighted by atomic mass is 35.5. The van der Waals surface area contributed by atoms with Crippen molar-refractivity contribution >= 4 is 35.5 Å². The minimum absolute atomic E-state index is 0.0477. The molecule has 0 radical (unpaired) electrons. The van der Waals surface area contributed by atoms with Crippen LogP contribution in [0.5, 0.6) is 0 Å².